The van der Waals surface area contributed by atoms with Gasteiger partial charge in [0, 0.05) is 13.1 Å². The molecule has 0 radical (unpaired) electrons. The maximum atomic E-state index is 11.8. The normalized spacial score (nSPS) is 16.4. The van der Waals surface area contributed by atoms with Gasteiger partial charge in [0.05, 0.1) is 0 Å². The molecule has 92 valence electrons. The van der Waals surface area contributed by atoms with Crippen molar-refractivity contribution in [2.75, 3.05) is 18.4 Å². The molecular weight excluding hydrogens is 240 g/mol. The second-order valence-electron chi connectivity index (χ2n) is 3.90. The Hall–Kier alpha value is -1.50. The third-order valence-corrected chi connectivity index (χ3v) is 3.27. The Bertz CT molecular complexity index is 385. The van der Waals surface area contributed by atoms with Gasteiger partial charge in [0.15, 0.2) is 0 Å². The van der Waals surface area contributed by atoms with E-state index in [2.05, 4.69) is 15.5 Å². The number of likely N-dealkylation sites (tertiary alicyclic amines) is 1. The zero-order chi connectivity index (χ0) is 12.1. The maximum absolute atomic E-state index is 11.8. The van der Waals surface area contributed by atoms with Crippen LogP contribution in [0.4, 0.5) is 5.13 Å². The van der Waals surface area contributed by atoms with Crippen molar-refractivity contribution >= 4 is 28.3 Å². The number of nitrogens with one attached hydrogen (secondary N) is 1. The van der Waals surface area contributed by atoms with Crippen LogP contribution in [0.5, 0.6) is 0 Å². The summed E-state index contributed by atoms with van der Waals surface area (Å²) in [5.41, 5.74) is 1.51. The number of aromatic nitrogens is 2. The van der Waals surface area contributed by atoms with Gasteiger partial charge in [0.25, 0.3) is 0 Å². The summed E-state index contributed by atoms with van der Waals surface area (Å²) in [6, 6.07) is 0. The lowest BCUT2D eigenvalue weighted by Gasteiger charge is -2.18. The average molecular weight is 254 g/mol. The highest BCUT2D eigenvalue weighted by molar-refractivity contribution is 7.13. The molecule has 0 spiro atoms. The van der Waals surface area contributed by atoms with E-state index < -0.39 is 11.8 Å². The van der Waals surface area contributed by atoms with E-state index in [4.69, 9.17) is 0 Å². The zero-order valence-electron chi connectivity index (χ0n) is 9.39. The number of nitrogens with zero attached hydrogens (tertiary/aromatic N) is 3. The van der Waals surface area contributed by atoms with E-state index >= 15 is 0 Å². The van der Waals surface area contributed by atoms with E-state index in [1.807, 2.05) is 0 Å². The standard InChI is InChI=1S/C10H14N4O2S/c15-8(12-10-13-11-7-17-10)9(16)14-5-3-1-2-4-6-14/h7H,1-6H2,(H,12,13,15). The van der Waals surface area contributed by atoms with Gasteiger partial charge in [-0.2, -0.15) is 0 Å². The summed E-state index contributed by atoms with van der Waals surface area (Å²) in [4.78, 5) is 25.1. The summed E-state index contributed by atoms with van der Waals surface area (Å²) in [7, 11) is 0. The van der Waals surface area contributed by atoms with Gasteiger partial charge in [-0.05, 0) is 12.8 Å². The van der Waals surface area contributed by atoms with Crippen LogP contribution in [0.15, 0.2) is 5.51 Å². The molecule has 2 rings (SSSR count). The molecule has 2 heterocycles. The first-order valence-corrected chi connectivity index (χ1v) is 6.52. The molecule has 0 saturated carbocycles. The highest BCUT2D eigenvalue weighted by Gasteiger charge is 2.23. The van der Waals surface area contributed by atoms with E-state index in [1.54, 1.807) is 4.90 Å². The van der Waals surface area contributed by atoms with Crippen molar-refractivity contribution in [3.05, 3.63) is 5.51 Å². The molecule has 0 unspecified atom stereocenters. The molecule has 1 N–H and O–H groups in total. The van der Waals surface area contributed by atoms with Crippen molar-refractivity contribution in [3.8, 4) is 0 Å². The van der Waals surface area contributed by atoms with Crippen molar-refractivity contribution in [2.45, 2.75) is 25.7 Å². The Labute approximate surface area is 103 Å². The molecule has 1 aromatic heterocycles. The fraction of sp³-hybridized carbons (Fsp3) is 0.600. The predicted octanol–water partition coefficient (Wildman–Crippen LogP) is 0.879. The summed E-state index contributed by atoms with van der Waals surface area (Å²) in [5, 5.41) is 10.1. The molecule has 0 bridgehead atoms. The van der Waals surface area contributed by atoms with Crippen molar-refractivity contribution < 1.29 is 9.59 Å². The summed E-state index contributed by atoms with van der Waals surface area (Å²) >= 11 is 1.19. The first kappa shape index (κ1) is 12.0. The minimum absolute atomic E-state index is 0.359. The third kappa shape index (κ3) is 3.23. The fourth-order valence-electron chi connectivity index (χ4n) is 1.80. The van der Waals surface area contributed by atoms with Gasteiger partial charge in [-0.3, -0.25) is 14.9 Å². The molecule has 7 heteroatoms. The van der Waals surface area contributed by atoms with Crippen LogP contribution in [0.1, 0.15) is 25.7 Å². The second kappa shape index (κ2) is 5.72. The van der Waals surface area contributed by atoms with Crippen LogP contribution in [0.3, 0.4) is 0 Å². The molecule has 0 aliphatic carbocycles. The summed E-state index contributed by atoms with van der Waals surface area (Å²) in [6.07, 6.45) is 4.19. The molecular formula is C10H14N4O2S. The minimum Gasteiger partial charge on any atom is -0.334 e. The van der Waals surface area contributed by atoms with Gasteiger partial charge in [-0.1, -0.05) is 24.2 Å². The number of anilines is 1. The van der Waals surface area contributed by atoms with Gasteiger partial charge in [-0.15, -0.1) is 10.2 Å². The smallest absolute Gasteiger partial charge is 0.315 e. The van der Waals surface area contributed by atoms with E-state index in [-0.39, 0.29) is 0 Å². The van der Waals surface area contributed by atoms with E-state index in [0.717, 1.165) is 25.7 Å². The second-order valence-corrected chi connectivity index (χ2v) is 4.74. The monoisotopic (exact) mass is 254 g/mol. The van der Waals surface area contributed by atoms with E-state index in [1.165, 1.54) is 16.8 Å². The fourth-order valence-corrected chi connectivity index (χ4v) is 2.24. The molecule has 0 atom stereocenters. The van der Waals surface area contributed by atoms with Crippen LogP contribution >= 0.6 is 11.3 Å². The Balaban J connectivity index is 1.91. The Kier molecular flexibility index (Phi) is 4.03. The van der Waals surface area contributed by atoms with Crippen LogP contribution in [-0.4, -0.2) is 40.0 Å². The molecule has 1 aliphatic rings. The number of hydrogen-bond donors (Lipinski definition) is 1. The quantitative estimate of drug-likeness (QED) is 0.755. The molecule has 1 aromatic rings. The van der Waals surface area contributed by atoms with Crippen molar-refractivity contribution in [1.29, 1.82) is 0 Å². The molecule has 1 aliphatic heterocycles. The Morgan fingerprint density at radius 2 is 1.94 bits per heavy atom. The van der Waals surface area contributed by atoms with Crippen molar-refractivity contribution in [1.82, 2.24) is 15.1 Å². The summed E-state index contributed by atoms with van der Waals surface area (Å²) in [5.74, 6) is -1.09. The first-order valence-electron chi connectivity index (χ1n) is 5.64. The first-order chi connectivity index (χ1) is 8.27. The lowest BCUT2D eigenvalue weighted by atomic mass is 10.2. The largest absolute Gasteiger partial charge is 0.334 e. The van der Waals surface area contributed by atoms with E-state index in [9.17, 15) is 9.59 Å². The number of carbonyl (C=O) groups excluding carboxylic acids is 2. The van der Waals surface area contributed by atoms with Crippen LogP contribution < -0.4 is 5.32 Å². The lowest BCUT2D eigenvalue weighted by Crippen LogP contribution is -2.40. The number of rotatable bonds is 1. The maximum Gasteiger partial charge on any atom is 0.315 e. The van der Waals surface area contributed by atoms with Gasteiger partial charge in [0.2, 0.25) is 5.13 Å². The highest BCUT2D eigenvalue weighted by Crippen LogP contribution is 2.11. The van der Waals surface area contributed by atoms with Crippen LogP contribution in [0, 0.1) is 0 Å². The van der Waals surface area contributed by atoms with Gasteiger partial charge in [-0.25, -0.2) is 0 Å². The van der Waals surface area contributed by atoms with Crippen LogP contribution in [-0.2, 0) is 9.59 Å². The Morgan fingerprint density at radius 1 is 1.24 bits per heavy atom. The summed E-state index contributed by atoms with van der Waals surface area (Å²) < 4.78 is 0. The van der Waals surface area contributed by atoms with Crippen molar-refractivity contribution in [2.24, 2.45) is 0 Å². The number of amides is 2. The van der Waals surface area contributed by atoms with Crippen molar-refractivity contribution in [3.63, 3.8) is 0 Å². The third-order valence-electron chi connectivity index (χ3n) is 2.67. The van der Waals surface area contributed by atoms with Crippen LogP contribution in [0.2, 0.25) is 0 Å². The van der Waals surface area contributed by atoms with E-state index in [0.29, 0.717) is 18.2 Å². The Morgan fingerprint density at radius 3 is 2.53 bits per heavy atom. The molecule has 0 aromatic carbocycles. The molecule has 1 fully saturated rings. The zero-order valence-corrected chi connectivity index (χ0v) is 10.2. The highest BCUT2D eigenvalue weighted by atomic mass is 32.1. The SMILES string of the molecule is O=C(Nc1nncs1)C(=O)N1CCCCCC1. The molecule has 2 amide bonds. The van der Waals surface area contributed by atoms with Gasteiger partial charge < -0.3 is 4.90 Å². The lowest BCUT2D eigenvalue weighted by molar-refractivity contribution is -0.143. The van der Waals surface area contributed by atoms with Gasteiger partial charge >= 0.3 is 11.8 Å². The molecule has 6 nitrogen and oxygen atoms in total. The number of carbonyl (C=O) groups is 2. The predicted molar refractivity (Wildman–Crippen MR) is 63.6 cm³/mol. The minimum atomic E-state index is -0.622. The molecule has 1 saturated heterocycles. The molecule has 17 heavy (non-hydrogen) atoms. The topological polar surface area (TPSA) is 75.2 Å². The summed E-state index contributed by atoms with van der Waals surface area (Å²) in [6.45, 7) is 1.34. The number of hydrogen-bond acceptors (Lipinski definition) is 5. The van der Waals surface area contributed by atoms with Crippen LogP contribution in [0.25, 0.3) is 0 Å². The average Bonchev–Trinajstić information content (AvgIpc) is 2.68. The van der Waals surface area contributed by atoms with Gasteiger partial charge in [0.1, 0.15) is 5.51 Å².